The van der Waals surface area contributed by atoms with Crippen LogP contribution in [0.1, 0.15) is 53.4 Å². The van der Waals surface area contributed by atoms with Crippen molar-refractivity contribution in [2.24, 2.45) is 0 Å². The van der Waals surface area contributed by atoms with E-state index in [-0.39, 0.29) is 24.0 Å². The molecule has 0 amide bonds. The molecule has 0 aliphatic rings. The zero-order valence-corrected chi connectivity index (χ0v) is 16.2. The molecule has 0 spiro atoms. The highest BCUT2D eigenvalue weighted by Crippen LogP contribution is 2.38. The van der Waals surface area contributed by atoms with Crippen LogP contribution >= 0.6 is 0 Å². The Morgan fingerprint density at radius 2 is 1.55 bits per heavy atom. The van der Waals surface area contributed by atoms with Crippen LogP contribution in [0.15, 0.2) is 12.7 Å². The van der Waals surface area contributed by atoms with E-state index in [1.54, 1.807) is 6.92 Å². The summed E-state index contributed by atoms with van der Waals surface area (Å²) in [6.45, 7) is 16.4. The molecule has 0 fully saturated rings. The Morgan fingerprint density at radius 1 is 1.05 bits per heavy atom. The van der Waals surface area contributed by atoms with Gasteiger partial charge in [0.1, 0.15) is 0 Å². The molecule has 4 atom stereocenters. The zero-order valence-electron chi connectivity index (χ0n) is 15.2. The maximum Gasteiger partial charge on any atom is 0.192 e. The van der Waals surface area contributed by atoms with E-state index in [2.05, 4.69) is 40.4 Å². The van der Waals surface area contributed by atoms with Gasteiger partial charge >= 0.3 is 0 Å². The highest BCUT2D eigenvalue weighted by atomic mass is 28.4. The minimum Gasteiger partial charge on any atom is -0.414 e. The number of rotatable bonds is 10. The van der Waals surface area contributed by atoms with Crippen LogP contribution in [0.25, 0.3) is 0 Å². The molecule has 0 saturated carbocycles. The van der Waals surface area contributed by atoms with Gasteiger partial charge in [0.15, 0.2) is 8.32 Å². The lowest BCUT2D eigenvalue weighted by atomic mass is 10.0. The van der Waals surface area contributed by atoms with Crippen LogP contribution in [0.3, 0.4) is 0 Å². The fourth-order valence-corrected chi connectivity index (χ4v) is 3.55. The van der Waals surface area contributed by atoms with Gasteiger partial charge in [0.25, 0.3) is 0 Å². The highest BCUT2D eigenvalue weighted by Gasteiger charge is 2.39. The van der Waals surface area contributed by atoms with Crippen molar-refractivity contribution in [3.63, 3.8) is 0 Å². The molecule has 0 heterocycles. The van der Waals surface area contributed by atoms with Gasteiger partial charge < -0.3 is 19.7 Å². The van der Waals surface area contributed by atoms with E-state index in [1.165, 1.54) is 0 Å². The van der Waals surface area contributed by atoms with Crippen molar-refractivity contribution < 1.29 is 19.7 Å². The first-order chi connectivity index (χ1) is 9.89. The third kappa shape index (κ3) is 8.43. The summed E-state index contributed by atoms with van der Waals surface area (Å²) in [6.07, 6.45) is 1.57. The SMILES string of the molecule is C=CC[C@H](C[C@@H](O)C[C@@H](O)C[C@H](C)O)O[Si](C)(C)C(C)(C)C. The lowest BCUT2D eigenvalue weighted by molar-refractivity contribution is 0.0246. The Labute approximate surface area is 137 Å². The van der Waals surface area contributed by atoms with Crippen LogP contribution in [0, 0.1) is 0 Å². The van der Waals surface area contributed by atoms with Crippen molar-refractivity contribution in [3.05, 3.63) is 12.7 Å². The Hall–Kier alpha value is -0.203. The minimum atomic E-state index is -1.90. The highest BCUT2D eigenvalue weighted by molar-refractivity contribution is 6.74. The van der Waals surface area contributed by atoms with Crippen molar-refractivity contribution in [2.75, 3.05) is 0 Å². The van der Waals surface area contributed by atoms with E-state index < -0.39 is 26.6 Å². The maximum atomic E-state index is 10.2. The summed E-state index contributed by atoms with van der Waals surface area (Å²) in [5.41, 5.74) is 0. The smallest absolute Gasteiger partial charge is 0.192 e. The molecule has 0 aromatic rings. The molecule has 0 aliphatic heterocycles. The Bertz CT molecular complexity index is 323. The van der Waals surface area contributed by atoms with Crippen molar-refractivity contribution in [1.29, 1.82) is 0 Å². The van der Waals surface area contributed by atoms with Crippen LogP contribution in [-0.4, -0.2) is 48.1 Å². The van der Waals surface area contributed by atoms with Gasteiger partial charge in [-0.1, -0.05) is 26.8 Å². The quantitative estimate of drug-likeness (QED) is 0.424. The standard InChI is InChI=1S/C17H36O4Si/c1-8-9-16(21-22(6,7)17(3,4)5)12-15(20)11-14(19)10-13(2)18/h8,13-16,18-20H,1,9-12H2,2-7H3/t13-,14-,15-,16+/m0/s1. The molecule has 0 radical (unpaired) electrons. The van der Waals surface area contributed by atoms with Gasteiger partial charge in [-0.2, -0.15) is 0 Å². The van der Waals surface area contributed by atoms with Gasteiger partial charge in [0, 0.05) is 0 Å². The lowest BCUT2D eigenvalue weighted by Crippen LogP contribution is -2.44. The summed E-state index contributed by atoms with van der Waals surface area (Å²) >= 11 is 0. The summed E-state index contributed by atoms with van der Waals surface area (Å²) in [5.74, 6) is 0. The topological polar surface area (TPSA) is 69.9 Å². The molecular weight excluding hydrogens is 296 g/mol. The molecule has 4 nitrogen and oxygen atoms in total. The van der Waals surface area contributed by atoms with Gasteiger partial charge in [0.05, 0.1) is 24.4 Å². The zero-order chi connectivity index (χ0) is 17.6. The molecule has 0 aromatic carbocycles. The third-order valence-electron chi connectivity index (χ3n) is 4.39. The van der Waals surface area contributed by atoms with Crippen LogP contribution in [-0.2, 0) is 4.43 Å². The third-order valence-corrected chi connectivity index (χ3v) is 8.92. The molecule has 132 valence electrons. The van der Waals surface area contributed by atoms with E-state index in [1.807, 2.05) is 6.08 Å². The van der Waals surface area contributed by atoms with Crippen LogP contribution < -0.4 is 0 Å². The second kappa shape index (κ2) is 9.18. The molecular formula is C17H36O4Si. The molecule has 0 rings (SSSR count). The van der Waals surface area contributed by atoms with E-state index in [9.17, 15) is 15.3 Å². The van der Waals surface area contributed by atoms with Gasteiger partial charge in [-0.25, -0.2) is 0 Å². The van der Waals surface area contributed by atoms with Crippen LogP contribution in [0.4, 0.5) is 0 Å². The van der Waals surface area contributed by atoms with E-state index in [0.717, 1.165) is 0 Å². The average Bonchev–Trinajstić information content (AvgIpc) is 2.24. The van der Waals surface area contributed by atoms with Crippen molar-refractivity contribution in [2.45, 2.75) is 95.9 Å². The molecule has 0 aromatic heterocycles. The Balaban J connectivity index is 4.61. The maximum absolute atomic E-state index is 10.2. The average molecular weight is 333 g/mol. The fourth-order valence-electron chi connectivity index (χ4n) is 2.18. The van der Waals surface area contributed by atoms with Gasteiger partial charge in [-0.15, -0.1) is 6.58 Å². The van der Waals surface area contributed by atoms with Gasteiger partial charge in [-0.05, 0) is 50.7 Å². The second-order valence-corrected chi connectivity index (χ2v) is 12.6. The van der Waals surface area contributed by atoms with E-state index in [0.29, 0.717) is 12.8 Å². The predicted molar refractivity (Wildman–Crippen MR) is 94.4 cm³/mol. The van der Waals surface area contributed by atoms with Crippen molar-refractivity contribution in [3.8, 4) is 0 Å². The number of aliphatic hydroxyl groups is 3. The summed E-state index contributed by atoms with van der Waals surface area (Å²) in [4.78, 5) is 0. The molecule has 0 bridgehead atoms. The fraction of sp³-hybridized carbons (Fsp3) is 0.882. The van der Waals surface area contributed by atoms with Crippen molar-refractivity contribution >= 4 is 8.32 Å². The summed E-state index contributed by atoms with van der Waals surface area (Å²) in [6, 6.07) is 0. The Kier molecular flexibility index (Phi) is 9.10. The van der Waals surface area contributed by atoms with Gasteiger partial charge in [0.2, 0.25) is 0 Å². The molecule has 0 unspecified atom stereocenters. The largest absolute Gasteiger partial charge is 0.414 e. The molecule has 5 heteroatoms. The summed E-state index contributed by atoms with van der Waals surface area (Å²) in [5, 5.41) is 29.4. The number of hydrogen-bond donors (Lipinski definition) is 3. The first kappa shape index (κ1) is 21.8. The number of aliphatic hydroxyl groups excluding tert-OH is 3. The molecule has 22 heavy (non-hydrogen) atoms. The second-order valence-electron chi connectivity index (χ2n) is 7.89. The first-order valence-corrected chi connectivity index (χ1v) is 11.1. The molecule has 0 aliphatic carbocycles. The normalized spacial score (nSPS) is 18.6. The van der Waals surface area contributed by atoms with Crippen LogP contribution in [0.2, 0.25) is 18.1 Å². The van der Waals surface area contributed by atoms with Crippen molar-refractivity contribution in [1.82, 2.24) is 0 Å². The molecule has 3 N–H and O–H groups in total. The summed E-state index contributed by atoms with van der Waals surface area (Å²) < 4.78 is 6.35. The minimum absolute atomic E-state index is 0.0767. The predicted octanol–water partition coefficient (Wildman–Crippen LogP) is 3.23. The monoisotopic (exact) mass is 332 g/mol. The lowest BCUT2D eigenvalue weighted by Gasteiger charge is -2.39. The van der Waals surface area contributed by atoms with Gasteiger partial charge in [-0.3, -0.25) is 0 Å². The Morgan fingerprint density at radius 3 is 1.95 bits per heavy atom. The first-order valence-electron chi connectivity index (χ1n) is 8.22. The van der Waals surface area contributed by atoms with E-state index in [4.69, 9.17) is 4.43 Å². The van der Waals surface area contributed by atoms with Crippen LogP contribution in [0.5, 0.6) is 0 Å². The van der Waals surface area contributed by atoms with E-state index >= 15 is 0 Å². The summed E-state index contributed by atoms with van der Waals surface area (Å²) in [7, 11) is -1.90. The number of hydrogen-bond acceptors (Lipinski definition) is 4. The molecule has 0 saturated heterocycles.